The number of thioether (sulfide) groups is 1. The fraction of sp³-hybridized carbons (Fsp3) is 0.174. The van der Waals surface area contributed by atoms with Gasteiger partial charge in [0.1, 0.15) is 29.2 Å². The Morgan fingerprint density at radius 2 is 1.57 bits per heavy atom. The van der Waals surface area contributed by atoms with E-state index in [-0.39, 0.29) is 40.6 Å². The predicted octanol–water partition coefficient (Wildman–Crippen LogP) is 1.19. The number of phenols is 1. The molecule has 2 atom stereocenters. The van der Waals surface area contributed by atoms with Crippen LogP contribution in [0.1, 0.15) is 16.0 Å². The lowest BCUT2D eigenvalue weighted by molar-refractivity contribution is -0.139. The van der Waals surface area contributed by atoms with Crippen LogP contribution in [0.25, 0.3) is 15.5 Å². The third-order valence-corrected chi connectivity index (χ3v) is 7.80. The second-order valence-corrected chi connectivity index (χ2v) is 10.3. The van der Waals surface area contributed by atoms with E-state index in [2.05, 4.69) is 10.3 Å². The molecule has 2 aliphatic heterocycles. The Bertz CT molecular complexity index is 1500. The molecule has 3 aliphatic rings. The maximum absolute atomic E-state index is 12.5. The van der Waals surface area contributed by atoms with Gasteiger partial charge < -0.3 is 37.2 Å². The van der Waals surface area contributed by atoms with E-state index >= 15 is 0 Å². The first-order valence-electron chi connectivity index (χ1n) is 10.6. The summed E-state index contributed by atoms with van der Waals surface area (Å²) in [6.45, 7) is 0. The largest absolute Gasteiger partial charge is 0.506 e. The summed E-state index contributed by atoms with van der Waals surface area (Å²) in [6, 6.07) is 3.39. The molecule has 1 aromatic rings. The highest BCUT2D eigenvalue weighted by molar-refractivity contribution is 8.08. The van der Waals surface area contributed by atoms with Gasteiger partial charge in [-0.2, -0.15) is 0 Å². The van der Waals surface area contributed by atoms with Crippen molar-refractivity contribution in [2.24, 2.45) is 11.5 Å². The second-order valence-electron chi connectivity index (χ2n) is 8.19. The van der Waals surface area contributed by atoms with Crippen LogP contribution in [0.2, 0.25) is 0 Å². The first-order chi connectivity index (χ1) is 17.4. The molecule has 9 N–H and O–H groups in total. The fourth-order valence-electron chi connectivity index (χ4n) is 3.66. The molecule has 4 rings (SSSR count). The van der Waals surface area contributed by atoms with E-state index < -0.39 is 35.4 Å². The molecule has 0 saturated heterocycles. The summed E-state index contributed by atoms with van der Waals surface area (Å²) in [4.78, 5) is 52.5. The molecular weight excluding hydrogens is 524 g/mol. The number of aromatic hydroxyl groups is 1. The number of hydrogen-bond acceptors (Lipinski definition) is 11. The average molecular weight is 545 g/mol. The van der Waals surface area contributed by atoms with Crippen LogP contribution >= 0.6 is 23.1 Å². The van der Waals surface area contributed by atoms with Gasteiger partial charge in [-0.25, -0.2) is 9.78 Å². The Labute approximate surface area is 216 Å². The van der Waals surface area contributed by atoms with E-state index in [1.807, 2.05) is 0 Å². The molecule has 1 aromatic carbocycles. The number of benzene rings is 2. The third kappa shape index (κ3) is 5.41. The van der Waals surface area contributed by atoms with Crippen molar-refractivity contribution in [2.45, 2.75) is 29.8 Å². The average Bonchev–Trinajstić information content (AvgIpc) is 2.82. The molecule has 0 aromatic heterocycles. The van der Waals surface area contributed by atoms with Crippen molar-refractivity contribution in [1.82, 2.24) is 4.98 Å². The van der Waals surface area contributed by atoms with Gasteiger partial charge in [0.2, 0.25) is 5.43 Å². The number of nitrogens with zero attached hydrogens (tertiary/aromatic N) is 1. The van der Waals surface area contributed by atoms with Crippen LogP contribution in [0.3, 0.4) is 0 Å². The van der Waals surface area contributed by atoms with Crippen molar-refractivity contribution in [2.75, 3.05) is 5.32 Å². The summed E-state index contributed by atoms with van der Waals surface area (Å²) in [5.41, 5.74) is 11.7. The second kappa shape index (κ2) is 10.2. The van der Waals surface area contributed by atoms with E-state index in [1.165, 1.54) is 18.3 Å². The van der Waals surface area contributed by atoms with Crippen molar-refractivity contribution in [3.63, 3.8) is 0 Å². The Kier molecular flexibility index (Phi) is 7.18. The first kappa shape index (κ1) is 26.1. The molecular formula is C23H20N4O8S2. The monoisotopic (exact) mass is 544 g/mol. The lowest BCUT2D eigenvalue weighted by atomic mass is 10.0. The van der Waals surface area contributed by atoms with Crippen LogP contribution in [0.15, 0.2) is 45.8 Å². The number of aliphatic carboxylic acids is 3. The molecule has 0 saturated carbocycles. The fourth-order valence-corrected chi connectivity index (χ4v) is 5.99. The predicted molar refractivity (Wildman–Crippen MR) is 136 cm³/mol. The van der Waals surface area contributed by atoms with Gasteiger partial charge in [0.05, 0.1) is 20.3 Å². The maximum atomic E-state index is 12.5. The lowest BCUT2D eigenvalue weighted by Gasteiger charge is -2.24. The summed E-state index contributed by atoms with van der Waals surface area (Å²) < 4.78 is 0. The van der Waals surface area contributed by atoms with Gasteiger partial charge in [0.15, 0.2) is 0 Å². The van der Waals surface area contributed by atoms with E-state index in [1.54, 1.807) is 12.1 Å². The zero-order chi connectivity index (χ0) is 27.0. The van der Waals surface area contributed by atoms with Gasteiger partial charge in [0.25, 0.3) is 0 Å². The Hall–Kier alpha value is -3.98. The smallest absolute Gasteiger partial charge is 0.353 e. The van der Waals surface area contributed by atoms with E-state index in [4.69, 9.17) is 21.7 Å². The molecule has 14 heteroatoms. The topological polar surface area (TPSA) is 226 Å². The molecule has 0 fully saturated rings. The number of rotatable bonds is 8. The number of hydrogen-bond donors (Lipinski definition) is 7. The van der Waals surface area contributed by atoms with Crippen molar-refractivity contribution < 1.29 is 34.8 Å². The number of anilines is 1. The van der Waals surface area contributed by atoms with Crippen molar-refractivity contribution >= 4 is 51.6 Å². The summed E-state index contributed by atoms with van der Waals surface area (Å²) in [5, 5.41) is 41.2. The zero-order valence-corrected chi connectivity index (χ0v) is 20.4. The number of nitrogens with one attached hydrogen (secondary N) is 1. The summed E-state index contributed by atoms with van der Waals surface area (Å²) in [7, 11) is 0. The van der Waals surface area contributed by atoms with E-state index in [9.17, 15) is 29.4 Å². The summed E-state index contributed by atoms with van der Waals surface area (Å²) >= 11 is 2.11. The quantitative estimate of drug-likeness (QED) is 0.198. The van der Waals surface area contributed by atoms with E-state index in [0.717, 1.165) is 23.1 Å². The van der Waals surface area contributed by atoms with Crippen molar-refractivity contribution in [1.29, 1.82) is 0 Å². The van der Waals surface area contributed by atoms with Crippen LogP contribution in [0.5, 0.6) is 5.75 Å². The summed E-state index contributed by atoms with van der Waals surface area (Å²) in [5.74, 6) is -3.99. The summed E-state index contributed by atoms with van der Waals surface area (Å²) in [6.07, 6.45) is 1.22. The molecule has 2 heterocycles. The lowest BCUT2D eigenvalue weighted by Crippen LogP contribution is -2.32. The van der Waals surface area contributed by atoms with Crippen LogP contribution in [-0.2, 0) is 27.2 Å². The van der Waals surface area contributed by atoms with Gasteiger partial charge in [-0.15, -0.1) is 11.3 Å². The number of aromatic nitrogens is 1. The van der Waals surface area contributed by atoms with Gasteiger partial charge in [-0.1, -0.05) is 11.8 Å². The molecule has 0 bridgehead atoms. The Balaban J connectivity index is 1.77. The van der Waals surface area contributed by atoms with Gasteiger partial charge >= 0.3 is 17.9 Å². The minimum absolute atomic E-state index is 0.0603. The minimum atomic E-state index is -1.30. The number of carbonyl (C=O) groups is 3. The molecule has 0 spiro atoms. The highest BCUT2D eigenvalue weighted by Gasteiger charge is 2.29. The van der Waals surface area contributed by atoms with Crippen LogP contribution < -0.4 is 22.2 Å². The normalized spacial score (nSPS) is 14.5. The van der Waals surface area contributed by atoms with Crippen molar-refractivity contribution in [3.05, 3.63) is 62.4 Å². The van der Waals surface area contributed by atoms with Crippen LogP contribution in [0, 0.1) is 0 Å². The van der Waals surface area contributed by atoms with Gasteiger partial charge in [-0.05, 0) is 48.2 Å². The SMILES string of the molecule is NC(Cc1cc(O)c2c(c1)SC(c1cnc3c(=O)cc(CC(N)C(=O)O)cc-3s1)=C(C(=O)O)N2)C(=O)O. The Morgan fingerprint density at radius 1 is 0.946 bits per heavy atom. The van der Waals surface area contributed by atoms with Gasteiger partial charge in [-0.3, -0.25) is 14.4 Å². The molecule has 1 aliphatic carbocycles. The molecule has 0 radical (unpaired) electrons. The van der Waals surface area contributed by atoms with Gasteiger partial charge in [0, 0.05) is 11.1 Å². The molecule has 0 amide bonds. The van der Waals surface area contributed by atoms with E-state index in [0.29, 0.717) is 25.8 Å². The number of fused-ring (bicyclic) bond motifs is 2. The standard InChI is InChI=1S/C23H20N4O8S2/c24-10(21(30)31)1-8-3-12(28)17-14(5-8)36-16(7-26-17)20-19(23(34)35)27-18-13(29)4-9(6-15(18)37-20)2-11(25)22(32)33/h3-7,10-11,27,29H,1-2,24-25H2,(H,30,31)(H,32,33)(H,34,35). The molecule has 12 nitrogen and oxygen atoms in total. The first-order valence-corrected chi connectivity index (χ1v) is 12.3. The third-order valence-electron chi connectivity index (χ3n) is 5.44. The van der Waals surface area contributed by atoms with Crippen LogP contribution in [-0.4, -0.2) is 55.4 Å². The highest BCUT2D eigenvalue weighted by Crippen LogP contribution is 2.49. The number of carboxylic acid groups (broad SMARTS) is 3. The number of phenolic OH excluding ortho intramolecular Hbond substituents is 1. The molecule has 2 unspecified atom stereocenters. The Morgan fingerprint density at radius 3 is 2.16 bits per heavy atom. The molecule has 192 valence electrons. The van der Waals surface area contributed by atoms with Crippen LogP contribution in [0.4, 0.5) is 5.69 Å². The highest BCUT2D eigenvalue weighted by atomic mass is 32.2. The number of carboxylic acids is 3. The number of nitrogens with two attached hydrogens (primary N) is 2. The molecule has 37 heavy (non-hydrogen) atoms. The maximum Gasteiger partial charge on any atom is 0.353 e. The minimum Gasteiger partial charge on any atom is -0.506 e. The van der Waals surface area contributed by atoms with Crippen molar-refractivity contribution in [3.8, 4) is 16.3 Å². The zero-order valence-electron chi connectivity index (χ0n) is 18.8.